The molecule has 1 N–H and O–H groups in total. The molecule has 0 atom stereocenters. The average molecular weight is 344 g/mol. The number of aromatic nitrogens is 3. The fraction of sp³-hybridized carbons (Fsp3) is 0.300. The minimum Gasteiger partial charge on any atom is -0.369 e. The first-order valence-corrected chi connectivity index (χ1v) is 8.14. The zero-order valence-corrected chi connectivity index (χ0v) is 12.4. The molecule has 3 aliphatic rings. The average Bonchev–Trinajstić information content (AvgIpc) is 2.78. The maximum Gasteiger partial charge on any atom is 0.262 e. The smallest absolute Gasteiger partial charge is 0.262 e. The summed E-state index contributed by atoms with van der Waals surface area (Å²) in [5, 5.41) is 3.24. The van der Waals surface area contributed by atoms with E-state index in [1.54, 1.807) is 6.20 Å². The van der Waals surface area contributed by atoms with Crippen LogP contribution in [0.5, 0.6) is 0 Å². The van der Waals surface area contributed by atoms with Gasteiger partial charge < -0.3 is 9.88 Å². The van der Waals surface area contributed by atoms with Crippen LogP contribution in [0.4, 0.5) is 5.82 Å². The van der Waals surface area contributed by atoms with Crippen LogP contribution in [0.15, 0.2) is 21.1 Å². The third-order valence-electron chi connectivity index (χ3n) is 2.69. The number of nitrogens with zero attached hydrogens (tertiary/aromatic N) is 4. The summed E-state index contributed by atoms with van der Waals surface area (Å²) >= 11 is 3.48. The number of nitrogens with one attached hydrogen (secondary N) is 1. The molecule has 7 nitrogen and oxygen atoms in total. The molecular weight excluding hydrogens is 334 g/mol. The van der Waals surface area contributed by atoms with Gasteiger partial charge in [0, 0.05) is 24.8 Å². The second-order valence-corrected chi connectivity index (χ2v) is 6.70. The van der Waals surface area contributed by atoms with Crippen LogP contribution in [0.2, 0.25) is 0 Å². The molecule has 0 saturated carbocycles. The zero-order chi connectivity index (χ0) is 13.6. The van der Waals surface area contributed by atoms with Crippen LogP contribution < -0.4 is 10.9 Å². The molecule has 3 aliphatic heterocycles. The number of fused-ring (bicyclic) bond motifs is 3. The summed E-state index contributed by atoms with van der Waals surface area (Å²) in [4.78, 5) is 8.17. The number of hydrogen-bond acceptors (Lipinski definition) is 5. The minimum absolute atomic E-state index is 0.0427. The van der Waals surface area contributed by atoms with Crippen LogP contribution in [-0.2, 0) is 16.6 Å². The monoisotopic (exact) mass is 343 g/mol. The van der Waals surface area contributed by atoms with Gasteiger partial charge in [-0.05, 0) is 22.0 Å². The number of pyridine rings is 1. The molecule has 0 fully saturated rings. The third kappa shape index (κ3) is 2.35. The van der Waals surface area contributed by atoms with Gasteiger partial charge in [0.25, 0.3) is 15.6 Å². The Kier molecular flexibility index (Phi) is 2.82. The fourth-order valence-corrected chi connectivity index (χ4v) is 2.99. The van der Waals surface area contributed by atoms with Crippen molar-refractivity contribution in [3.63, 3.8) is 0 Å². The lowest BCUT2D eigenvalue weighted by atomic mass is 10.2. The van der Waals surface area contributed by atoms with Gasteiger partial charge in [0.2, 0.25) is 0 Å². The van der Waals surface area contributed by atoms with Crippen molar-refractivity contribution < 1.29 is 8.42 Å². The third-order valence-corrected chi connectivity index (χ3v) is 3.79. The predicted octanol–water partition coefficient (Wildman–Crippen LogP) is 0.431. The van der Waals surface area contributed by atoms with Crippen LogP contribution in [0.3, 0.4) is 0 Å². The van der Waals surface area contributed by atoms with Gasteiger partial charge in [0.05, 0.1) is 10.7 Å². The largest absolute Gasteiger partial charge is 0.369 e. The molecule has 0 bridgehead atoms. The van der Waals surface area contributed by atoms with Crippen molar-refractivity contribution in [3.8, 4) is 11.4 Å². The second-order valence-electron chi connectivity index (χ2n) is 4.19. The van der Waals surface area contributed by atoms with Crippen molar-refractivity contribution >= 4 is 31.8 Å². The first-order valence-electron chi connectivity index (χ1n) is 5.50. The summed E-state index contributed by atoms with van der Waals surface area (Å²) in [5.74, 6) is 1.59. The molecule has 0 spiro atoms. The first-order chi connectivity index (χ1) is 8.94. The van der Waals surface area contributed by atoms with E-state index in [0.717, 1.165) is 35.2 Å². The molecule has 3 heterocycles. The Bertz CT molecular complexity index is 798. The summed E-state index contributed by atoms with van der Waals surface area (Å²) in [5.41, 5.74) is 0.783. The van der Waals surface area contributed by atoms with Gasteiger partial charge in [0.15, 0.2) is 0 Å². The highest BCUT2D eigenvalue weighted by Gasteiger charge is 2.20. The molecular formula is C10H10BrN5O2S. The van der Waals surface area contributed by atoms with Gasteiger partial charge in [-0.25, -0.2) is 13.4 Å². The number of halogens is 1. The molecule has 0 amide bonds. The number of sulfonamides is 1. The lowest BCUT2D eigenvalue weighted by molar-refractivity contribution is 0.601. The first kappa shape index (κ1) is 12.5. The van der Waals surface area contributed by atoms with Crippen molar-refractivity contribution in [2.45, 2.75) is 6.54 Å². The van der Waals surface area contributed by atoms with E-state index in [2.05, 4.69) is 35.6 Å². The Balaban J connectivity index is 2.33. The van der Waals surface area contributed by atoms with Gasteiger partial charge in [-0.2, -0.15) is 4.98 Å². The van der Waals surface area contributed by atoms with Crippen molar-refractivity contribution in [1.29, 1.82) is 0 Å². The van der Waals surface area contributed by atoms with Gasteiger partial charge in [-0.3, -0.25) is 0 Å². The lowest BCUT2D eigenvalue weighted by Gasteiger charge is -2.13. The molecule has 0 aromatic rings. The quantitative estimate of drug-likeness (QED) is 0.811. The summed E-state index contributed by atoms with van der Waals surface area (Å²) in [6, 6.07) is 1.89. The molecule has 100 valence electrons. The van der Waals surface area contributed by atoms with E-state index >= 15 is 0 Å². The highest BCUT2D eigenvalue weighted by Crippen LogP contribution is 2.32. The SMILES string of the molecule is CS(=O)(=O)/N=c1/ncc2cc(Br)c3n(c-2n1)CCN3. The van der Waals surface area contributed by atoms with Crippen LogP contribution in [-0.4, -0.2) is 35.8 Å². The molecule has 3 rings (SSSR count). The second kappa shape index (κ2) is 4.27. The van der Waals surface area contributed by atoms with E-state index in [0.29, 0.717) is 5.82 Å². The number of rotatable bonds is 1. The Morgan fingerprint density at radius 3 is 3.05 bits per heavy atom. The Labute approximate surface area is 117 Å². The highest BCUT2D eigenvalue weighted by molar-refractivity contribution is 9.10. The molecule has 0 aliphatic carbocycles. The number of anilines is 1. The van der Waals surface area contributed by atoms with Crippen molar-refractivity contribution in [2.24, 2.45) is 4.40 Å². The summed E-state index contributed by atoms with van der Waals surface area (Å²) < 4.78 is 28.7. The number of hydrogen-bond donors (Lipinski definition) is 1. The van der Waals surface area contributed by atoms with Gasteiger partial charge in [0.1, 0.15) is 11.6 Å². The normalized spacial score (nSPS) is 15.6. The van der Waals surface area contributed by atoms with E-state index in [4.69, 9.17) is 0 Å². The van der Waals surface area contributed by atoms with E-state index in [-0.39, 0.29) is 5.62 Å². The van der Waals surface area contributed by atoms with Crippen LogP contribution in [0.25, 0.3) is 11.4 Å². The Morgan fingerprint density at radius 2 is 2.32 bits per heavy atom. The summed E-state index contributed by atoms with van der Waals surface area (Å²) in [6.45, 7) is 1.57. The maximum absolute atomic E-state index is 11.2. The highest BCUT2D eigenvalue weighted by atomic mass is 79.9. The summed E-state index contributed by atoms with van der Waals surface area (Å²) in [7, 11) is -3.50. The molecule has 0 aromatic heterocycles. The molecule has 9 heteroatoms. The molecule has 0 saturated heterocycles. The topological polar surface area (TPSA) is 89.2 Å². The van der Waals surface area contributed by atoms with Crippen LogP contribution in [0.1, 0.15) is 0 Å². The lowest BCUT2D eigenvalue weighted by Crippen LogP contribution is -2.19. The van der Waals surface area contributed by atoms with Crippen molar-refractivity contribution in [1.82, 2.24) is 14.5 Å². The van der Waals surface area contributed by atoms with E-state index in [9.17, 15) is 8.42 Å². The van der Waals surface area contributed by atoms with E-state index in [1.807, 2.05) is 10.6 Å². The van der Waals surface area contributed by atoms with Crippen molar-refractivity contribution in [3.05, 3.63) is 22.4 Å². The van der Waals surface area contributed by atoms with Crippen LogP contribution >= 0.6 is 15.9 Å². The molecule has 19 heavy (non-hydrogen) atoms. The molecule has 0 aromatic carbocycles. The van der Waals surface area contributed by atoms with Gasteiger partial charge in [-0.1, -0.05) is 0 Å². The Hall–Kier alpha value is -1.48. The Morgan fingerprint density at radius 1 is 1.53 bits per heavy atom. The fourth-order valence-electron chi connectivity index (χ4n) is 2.01. The van der Waals surface area contributed by atoms with Crippen molar-refractivity contribution in [2.75, 3.05) is 18.1 Å². The molecule has 0 radical (unpaired) electrons. The van der Waals surface area contributed by atoms with E-state index in [1.165, 1.54) is 0 Å². The summed E-state index contributed by atoms with van der Waals surface area (Å²) in [6.07, 6.45) is 2.59. The minimum atomic E-state index is -3.50. The van der Waals surface area contributed by atoms with Gasteiger partial charge >= 0.3 is 0 Å². The zero-order valence-electron chi connectivity index (χ0n) is 9.96. The molecule has 0 unspecified atom stereocenters. The van der Waals surface area contributed by atoms with E-state index < -0.39 is 10.0 Å². The predicted molar refractivity (Wildman–Crippen MR) is 73.2 cm³/mol. The standard InChI is InChI=1S/C10H10BrN5O2S/c1-19(17,18)15-10-13-5-6-4-7(11)9-12-2-3-16(9)8(6)14-10/h4-5,12H,2-3H2,1H3/b15-10-. The maximum atomic E-state index is 11.2. The van der Waals surface area contributed by atoms with Crippen LogP contribution in [0, 0.1) is 0 Å². The van der Waals surface area contributed by atoms with Gasteiger partial charge in [-0.15, -0.1) is 4.40 Å².